The Morgan fingerprint density at radius 1 is 1.12 bits per heavy atom. The van der Waals surface area contributed by atoms with Crippen molar-refractivity contribution in [2.24, 2.45) is 0 Å². The van der Waals surface area contributed by atoms with E-state index in [9.17, 15) is 9.59 Å². The largest absolute Gasteiger partial charge is 0.457 e. The van der Waals surface area contributed by atoms with Crippen molar-refractivity contribution in [1.82, 2.24) is 24.1 Å². The SMILES string of the molecule is Cc1nc2ncnn2c(C)c1CCC(=O)OCC(=O)c1cc(C)n(CCc2cccs2)c1C. The Kier molecular flexibility index (Phi) is 6.69. The summed E-state index contributed by atoms with van der Waals surface area (Å²) in [7, 11) is 0. The van der Waals surface area contributed by atoms with E-state index in [2.05, 4.69) is 31.1 Å². The molecule has 0 unspecified atom stereocenters. The molecule has 0 aromatic carbocycles. The molecule has 0 aliphatic carbocycles. The van der Waals surface area contributed by atoms with Crippen molar-refractivity contribution in [3.8, 4) is 0 Å². The molecule has 0 fully saturated rings. The first-order valence-corrected chi connectivity index (χ1v) is 11.8. The lowest BCUT2D eigenvalue weighted by Crippen LogP contribution is -2.16. The van der Waals surface area contributed by atoms with Gasteiger partial charge in [-0.1, -0.05) is 6.07 Å². The van der Waals surface area contributed by atoms with Crippen LogP contribution in [0, 0.1) is 27.7 Å². The first-order valence-electron chi connectivity index (χ1n) is 10.9. The van der Waals surface area contributed by atoms with E-state index in [4.69, 9.17) is 4.74 Å². The van der Waals surface area contributed by atoms with E-state index in [1.54, 1.807) is 15.9 Å². The van der Waals surface area contributed by atoms with E-state index < -0.39 is 5.97 Å². The molecule has 4 aromatic heterocycles. The molecule has 172 valence electrons. The van der Waals surface area contributed by atoms with Gasteiger partial charge in [-0.3, -0.25) is 9.59 Å². The highest BCUT2D eigenvalue weighted by molar-refractivity contribution is 7.09. The molecule has 0 bridgehead atoms. The lowest BCUT2D eigenvalue weighted by atomic mass is 10.1. The molecule has 0 aliphatic rings. The molecule has 0 amide bonds. The summed E-state index contributed by atoms with van der Waals surface area (Å²) in [5.41, 5.74) is 5.19. The van der Waals surface area contributed by atoms with Crippen LogP contribution in [0.15, 0.2) is 29.9 Å². The summed E-state index contributed by atoms with van der Waals surface area (Å²) in [4.78, 5) is 34.9. The van der Waals surface area contributed by atoms with Gasteiger partial charge in [0.2, 0.25) is 5.78 Å². The lowest BCUT2D eigenvalue weighted by molar-refractivity contribution is -0.142. The average Bonchev–Trinajstić information content (AvgIpc) is 3.52. The summed E-state index contributed by atoms with van der Waals surface area (Å²) < 4.78 is 9.11. The van der Waals surface area contributed by atoms with Crippen LogP contribution in [0.1, 0.15) is 50.0 Å². The van der Waals surface area contributed by atoms with Gasteiger partial charge in [-0.2, -0.15) is 10.1 Å². The monoisotopic (exact) mass is 465 g/mol. The first-order chi connectivity index (χ1) is 15.8. The normalized spacial score (nSPS) is 11.3. The van der Waals surface area contributed by atoms with Crippen LogP contribution in [0.5, 0.6) is 0 Å². The van der Waals surface area contributed by atoms with Gasteiger partial charge in [0, 0.05) is 46.2 Å². The fourth-order valence-corrected chi connectivity index (χ4v) is 4.84. The van der Waals surface area contributed by atoms with Crippen LogP contribution in [-0.2, 0) is 28.9 Å². The van der Waals surface area contributed by atoms with Crippen molar-refractivity contribution in [3.63, 3.8) is 0 Å². The van der Waals surface area contributed by atoms with Gasteiger partial charge in [0.25, 0.3) is 5.78 Å². The van der Waals surface area contributed by atoms with Gasteiger partial charge in [-0.05, 0) is 63.6 Å². The van der Waals surface area contributed by atoms with E-state index >= 15 is 0 Å². The second-order valence-electron chi connectivity index (χ2n) is 8.08. The number of ketones is 1. The number of carbonyl (C=O) groups excluding carboxylic acids is 2. The number of aromatic nitrogens is 5. The van der Waals surface area contributed by atoms with Gasteiger partial charge in [0.15, 0.2) is 6.61 Å². The van der Waals surface area contributed by atoms with E-state index in [0.717, 1.165) is 41.3 Å². The number of thiophene rings is 1. The Hall–Kier alpha value is -3.33. The molecule has 33 heavy (non-hydrogen) atoms. The number of ether oxygens (including phenoxy) is 1. The highest BCUT2D eigenvalue weighted by Crippen LogP contribution is 2.19. The minimum Gasteiger partial charge on any atom is -0.457 e. The molecule has 4 rings (SSSR count). The second kappa shape index (κ2) is 9.66. The van der Waals surface area contributed by atoms with Crippen LogP contribution in [0.25, 0.3) is 5.78 Å². The lowest BCUT2D eigenvalue weighted by Gasteiger charge is -2.10. The Bertz CT molecular complexity index is 1300. The molecule has 4 heterocycles. The number of fused-ring (bicyclic) bond motifs is 1. The summed E-state index contributed by atoms with van der Waals surface area (Å²) in [6.45, 7) is 8.31. The van der Waals surface area contributed by atoms with Gasteiger partial charge in [-0.25, -0.2) is 9.50 Å². The average molecular weight is 466 g/mol. The third kappa shape index (κ3) is 4.88. The maximum Gasteiger partial charge on any atom is 0.306 e. The standard InChI is InChI=1S/C24H27N5O3S/c1-15-12-21(17(3)28(15)10-9-19-6-5-11-33-19)22(30)13-32-23(31)8-7-20-16(2)27-24-25-14-26-29(24)18(20)4/h5-6,11-12,14H,7-10,13H2,1-4H3. The Morgan fingerprint density at radius 3 is 2.70 bits per heavy atom. The topological polar surface area (TPSA) is 91.4 Å². The van der Waals surface area contributed by atoms with Crippen LogP contribution < -0.4 is 0 Å². The molecule has 0 aliphatic heterocycles. The minimum absolute atomic E-state index is 0.163. The van der Waals surface area contributed by atoms with E-state index in [1.165, 1.54) is 11.2 Å². The third-order valence-electron chi connectivity index (χ3n) is 5.97. The maximum atomic E-state index is 12.8. The van der Waals surface area contributed by atoms with Gasteiger partial charge in [0.1, 0.15) is 6.33 Å². The number of rotatable bonds is 9. The van der Waals surface area contributed by atoms with E-state index in [1.807, 2.05) is 39.8 Å². The smallest absolute Gasteiger partial charge is 0.306 e. The molecule has 4 aromatic rings. The summed E-state index contributed by atoms with van der Waals surface area (Å²) in [6, 6.07) is 6.05. The minimum atomic E-state index is -0.410. The zero-order valence-electron chi connectivity index (χ0n) is 19.3. The second-order valence-corrected chi connectivity index (χ2v) is 9.11. The summed E-state index contributed by atoms with van der Waals surface area (Å²) in [6.07, 6.45) is 3.00. The van der Waals surface area contributed by atoms with Gasteiger partial charge < -0.3 is 9.30 Å². The Morgan fingerprint density at radius 2 is 1.94 bits per heavy atom. The Labute approximate surface area is 196 Å². The van der Waals surface area contributed by atoms with Crippen molar-refractivity contribution < 1.29 is 14.3 Å². The van der Waals surface area contributed by atoms with Crippen molar-refractivity contribution in [2.45, 2.75) is 53.5 Å². The molecule has 0 radical (unpaired) electrons. The predicted molar refractivity (Wildman–Crippen MR) is 126 cm³/mol. The first kappa shape index (κ1) is 22.8. The van der Waals surface area contributed by atoms with Gasteiger partial charge in [-0.15, -0.1) is 11.3 Å². The van der Waals surface area contributed by atoms with Crippen molar-refractivity contribution in [1.29, 1.82) is 0 Å². The maximum absolute atomic E-state index is 12.8. The van der Waals surface area contributed by atoms with Crippen LogP contribution in [0.2, 0.25) is 0 Å². The number of esters is 1. The fourth-order valence-electron chi connectivity index (χ4n) is 4.14. The summed E-state index contributed by atoms with van der Waals surface area (Å²) >= 11 is 1.73. The number of carbonyl (C=O) groups is 2. The van der Waals surface area contributed by atoms with Crippen molar-refractivity contribution in [2.75, 3.05) is 6.61 Å². The molecule has 8 nitrogen and oxygen atoms in total. The highest BCUT2D eigenvalue weighted by Gasteiger charge is 2.18. The van der Waals surface area contributed by atoms with Gasteiger partial charge >= 0.3 is 5.97 Å². The van der Waals surface area contributed by atoms with Crippen LogP contribution in [-0.4, -0.2) is 42.5 Å². The number of hydrogen-bond donors (Lipinski definition) is 0. The van der Waals surface area contributed by atoms with Crippen molar-refractivity contribution >= 4 is 28.9 Å². The summed E-state index contributed by atoms with van der Waals surface area (Å²) in [5, 5.41) is 6.24. The molecule has 0 spiro atoms. The quantitative estimate of drug-likeness (QED) is 0.276. The van der Waals surface area contributed by atoms with E-state index in [-0.39, 0.29) is 18.8 Å². The number of nitrogens with zero attached hydrogens (tertiary/aromatic N) is 5. The molecular weight excluding hydrogens is 438 g/mol. The van der Waals surface area contributed by atoms with Crippen LogP contribution in [0.4, 0.5) is 0 Å². The summed E-state index contributed by atoms with van der Waals surface area (Å²) in [5.74, 6) is -0.0564. The fraction of sp³-hybridized carbons (Fsp3) is 0.375. The number of Topliss-reactive ketones (excluding diaryl/α,β-unsaturated/α-hetero) is 1. The van der Waals surface area contributed by atoms with Gasteiger partial charge in [0.05, 0.1) is 0 Å². The Balaban J connectivity index is 1.33. The predicted octanol–water partition coefficient (Wildman–Crippen LogP) is 3.82. The number of aryl methyl sites for hydroxylation is 4. The van der Waals surface area contributed by atoms with Crippen molar-refractivity contribution in [3.05, 3.63) is 68.7 Å². The van der Waals surface area contributed by atoms with Crippen LogP contribution in [0.3, 0.4) is 0 Å². The van der Waals surface area contributed by atoms with E-state index in [0.29, 0.717) is 17.8 Å². The third-order valence-corrected chi connectivity index (χ3v) is 6.90. The highest BCUT2D eigenvalue weighted by atomic mass is 32.1. The molecule has 0 saturated carbocycles. The zero-order chi connectivity index (χ0) is 23.5. The molecular formula is C24H27N5O3S. The number of hydrogen-bond acceptors (Lipinski definition) is 7. The molecule has 9 heteroatoms. The molecule has 0 N–H and O–H groups in total. The molecule has 0 saturated heterocycles. The van der Waals surface area contributed by atoms with Crippen LogP contribution >= 0.6 is 11.3 Å². The zero-order valence-corrected chi connectivity index (χ0v) is 20.1. The molecule has 0 atom stereocenters.